The van der Waals surface area contributed by atoms with Crippen LogP contribution in [-0.2, 0) is 0 Å². The molecule has 1 fully saturated rings. The van der Waals surface area contributed by atoms with Gasteiger partial charge in [-0.1, -0.05) is 0 Å². The van der Waals surface area contributed by atoms with Crippen molar-refractivity contribution >= 4 is 11.4 Å². The first-order chi connectivity index (χ1) is 7.50. The molecular formula is C11H14F2N2O. The lowest BCUT2D eigenvalue weighted by Gasteiger charge is -2.37. The number of rotatable bonds is 3. The third kappa shape index (κ3) is 2.09. The van der Waals surface area contributed by atoms with Crippen molar-refractivity contribution in [3.05, 3.63) is 23.8 Å². The average molecular weight is 228 g/mol. The van der Waals surface area contributed by atoms with Gasteiger partial charge in [-0.15, -0.1) is 0 Å². The molecule has 0 atom stereocenters. The highest BCUT2D eigenvalue weighted by molar-refractivity contribution is 5.66. The molecule has 0 heterocycles. The second kappa shape index (κ2) is 3.90. The molecule has 0 aliphatic heterocycles. The van der Waals surface area contributed by atoms with E-state index >= 15 is 0 Å². The molecule has 0 unspecified atom stereocenters. The molecule has 2 rings (SSSR count). The zero-order valence-corrected chi connectivity index (χ0v) is 8.76. The van der Waals surface area contributed by atoms with Crippen LogP contribution in [0.2, 0.25) is 0 Å². The van der Waals surface area contributed by atoms with Gasteiger partial charge in [0.2, 0.25) is 0 Å². The Kier molecular flexibility index (Phi) is 2.71. The van der Waals surface area contributed by atoms with Crippen molar-refractivity contribution in [1.29, 1.82) is 0 Å². The zero-order valence-electron chi connectivity index (χ0n) is 8.76. The van der Waals surface area contributed by atoms with E-state index < -0.39 is 17.2 Å². The van der Waals surface area contributed by atoms with Crippen molar-refractivity contribution in [2.24, 2.45) is 0 Å². The van der Waals surface area contributed by atoms with E-state index in [0.717, 1.165) is 18.6 Å². The van der Waals surface area contributed by atoms with Gasteiger partial charge in [-0.3, -0.25) is 0 Å². The SMILES string of the molecule is Nc1c(F)cc(F)cc1NCC1(O)CCC1. The molecule has 88 valence electrons. The summed E-state index contributed by atoms with van der Waals surface area (Å²) in [6.45, 7) is 0.264. The number of hydrogen-bond donors (Lipinski definition) is 3. The molecule has 0 saturated heterocycles. The summed E-state index contributed by atoms with van der Waals surface area (Å²) >= 11 is 0. The fourth-order valence-corrected chi connectivity index (χ4v) is 1.75. The molecule has 0 bridgehead atoms. The minimum absolute atomic E-state index is 0.121. The third-order valence-corrected chi connectivity index (χ3v) is 2.99. The number of nitrogens with two attached hydrogens (primary N) is 1. The van der Waals surface area contributed by atoms with Crippen molar-refractivity contribution in [3.8, 4) is 0 Å². The Morgan fingerprint density at radius 3 is 2.62 bits per heavy atom. The molecule has 0 aromatic heterocycles. The van der Waals surface area contributed by atoms with Gasteiger partial charge < -0.3 is 16.2 Å². The molecule has 1 saturated carbocycles. The Bertz CT molecular complexity index is 405. The average Bonchev–Trinajstić information content (AvgIpc) is 2.18. The van der Waals surface area contributed by atoms with Crippen molar-refractivity contribution in [1.82, 2.24) is 0 Å². The summed E-state index contributed by atoms with van der Waals surface area (Å²) in [5.74, 6) is -1.47. The Hall–Kier alpha value is -1.36. The largest absolute Gasteiger partial charge is 0.395 e. The maximum atomic E-state index is 13.1. The predicted molar refractivity (Wildman–Crippen MR) is 58.1 cm³/mol. The number of benzene rings is 1. The highest BCUT2D eigenvalue weighted by atomic mass is 19.1. The lowest BCUT2D eigenvalue weighted by molar-refractivity contribution is -0.0201. The van der Waals surface area contributed by atoms with E-state index in [2.05, 4.69) is 5.32 Å². The van der Waals surface area contributed by atoms with Gasteiger partial charge in [0.25, 0.3) is 0 Å². The van der Waals surface area contributed by atoms with Gasteiger partial charge >= 0.3 is 0 Å². The van der Waals surface area contributed by atoms with Crippen LogP contribution in [0.15, 0.2) is 12.1 Å². The van der Waals surface area contributed by atoms with Crippen LogP contribution in [0.25, 0.3) is 0 Å². The number of nitrogens with one attached hydrogen (secondary N) is 1. The molecule has 3 nitrogen and oxygen atoms in total. The Balaban J connectivity index is 2.09. The number of anilines is 2. The van der Waals surface area contributed by atoms with Gasteiger partial charge in [0.1, 0.15) is 5.82 Å². The molecule has 1 aromatic rings. The minimum atomic E-state index is -0.789. The van der Waals surface area contributed by atoms with Crippen LogP contribution in [0.1, 0.15) is 19.3 Å². The summed E-state index contributed by atoms with van der Waals surface area (Å²) in [7, 11) is 0. The van der Waals surface area contributed by atoms with E-state index in [-0.39, 0.29) is 17.9 Å². The van der Waals surface area contributed by atoms with Gasteiger partial charge in [-0.25, -0.2) is 8.78 Å². The normalized spacial score (nSPS) is 17.9. The molecule has 16 heavy (non-hydrogen) atoms. The van der Waals surface area contributed by atoms with Crippen LogP contribution in [-0.4, -0.2) is 17.3 Å². The van der Waals surface area contributed by atoms with E-state index in [1.807, 2.05) is 0 Å². The smallest absolute Gasteiger partial charge is 0.151 e. The molecule has 4 N–H and O–H groups in total. The molecule has 0 radical (unpaired) electrons. The second-order valence-electron chi connectivity index (χ2n) is 4.28. The first-order valence-corrected chi connectivity index (χ1v) is 5.21. The van der Waals surface area contributed by atoms with Crippen molar-refractivity contribution in [2.75, 3.05) is 17.6 Å². The monoisotopic (exact) mass is 228 g/mol. The fourth-order valence-electron chi connectivity index (χ4n) is 1.75. The lowest BCUT2D eigenvalue weighted by atomic mass is 9.80. The predicted octanol–water partition coefficient (Wildman–Crippen LogP) is 1.87. The van der Waals surface area contributed by atoms with Gasteiger partial charge in [0.15, 0.2) is 5.82 Å². The van der Waals surface area contributed by atoms with E-state index in [9.17, 15) is 13.9 Å². The number of nitrogen functional groups attached to an aromatic ring is 1. The van der Waals surface area contributed by atoms with Crippen LogP contribution >= 0.6 is 0 Å². The van der Waals surface area contributed by atoms with Crippen molar-refractivity contribution in [3.63, 3.8) is 0 Å². The van der Waals surface area contributed by atoms with E-state index in [1.54, 1.807) is 0 Å². The number of halogens is 2. The maximum absolute atomic E-state index is 13.1. The standard InChI is InChI=1S/C11H14F2N2O/c12-7-4-8(13)10(14)9(5-7)15-6-11(16)2-1-3-11/h4-5,15-16H,1-3,6,14H2. The van der Waals surface area contributed by atoms with Gasteiger partial charge in [0.05, 0.1) is 17.0 Å². The van der Waals surface area contributed by atoms with Crippen LogP contribution in [0.3, 0.4) is 0 Å². The molecule has 0 amide bonds. The highest BCUT2D eigenvalue weighted by Crippen LogP contribution is 2.32. The Labute approximate surface area is 92.3 Å². The summed E-state index contributed by atoms with van der Waals surface area (Å²) in [5, 5.41) is 12.6. The molecule has 0 spiro atoms. The first kappa shape index (κ1) is 11.1. The Morgan fingerprint density at radius 2 is 2.06 bits per heavy atom. The fraction of sp³-hybridized carbons (Fsp3) is 0.455. The van der Waals surface area contributed by atoms with Crippen LogP contribution in [0, 0.1) is 11.6 Å². The quantitative estimate of drug-likeness (QED) is 0.692. The van der Waals surface area contributed by atoms with Crippen molar-refractivity contribution in [2.45, 2.75) is 24.9 Å². The summed E-state index contributed by atoms with van der Waals surface area (Å²) < 4.78 is 26.0. The van der Waals surface area contributed by atoms with E-state index in [1.165, 1.54) is 0 Å². The summed E-state index contributed by atoms with van der Waals surface area (Å²) in [4.78, 5) is 0. The number of aliphatic hydroxyl groups is 1. The number of hydrogen-bond acceptors (Lipinski definition) is 3. The molecule has 1 aliphatic carbocycles. The van der Waals surface area contributed by atoms with Crippen molar-refractivity contribution < 1.29 is 13.9 Å². The summed E-state index contributed by atoms with van der Waals surface area (Å²) in [6, 6.07) is 1.86. The summed E-state index contributed by atoms with van der Waals surface area (Å²) in [6.07, 6.45) is 2.39. The first-order valence-electron chi connectivity index (χ1n) is 5.21. The van der Waals surface area contributed by atoms with Gasteiger partial charge in [-0.05, 0) is 25.3 Å². The second-order valence-corrected chi connectivity index (χ2v) is 4.28. The van der Waals surface area contributed by atoms with Crippen LogP contribution < -0.4 is 11.1 Å². The van der Waals surface area contributed by atoms with Crippen LogP contribution in [0.4, 0.5) is 20.2 Å². The zero-order chi connectivity index (χ0) is 11.8. The lowest BCUT2D eigenvalue weighted by Crippen LogP contribution is -2.43. The molecule has 5 heteroatoms. The minimum Gasteiger partial charge on any atom is -0.395 e. The van der Waals surface area contributed by atoms with Crippen LogP contribution in [0.5, 0.6) is 0 Å². The van der Waals surface area contributed by atoms with E-state index in [0.29, 0.717) is 12.8 Å². The summed E-state index contributed by atoms with van der Waals surface area (Å²) in [5.41, 5.74) is 4.77. The maximum Gasteiger partial charge on any atom is 0.151 e. The van der Waals surface area contributed by atoms with Gasteiger partial charge in [-0.2, -0.15) is 0 Å². The third-order valence-electron chi connectivity index (χ3n) is 2.99. The highest BCUT2D eigenvalue weighted by Gasteiger charge is 2.34. The Morgan fingerprint density at radius 1 is 1.38 bits per heavy atom. The van der Waals surface area contributed by atoms with Gasteiger partial charge in [0, 0.05) is 12.6 Å². The van der Waals surface area contributed by atoms with E-state index in [4.69, 9.17) is 5.73 Å². The molecule has 1 aromatic carbocycles. The molecule has 1 aliphatic rings. The molecular weight excluding hydrogens is 214 g/mol. The topological polar surface area (TPSA) is 58.3 Å².